The fraction of sp³-hybridized carbons (Fsp3) is 0.400. The van der Waals surface area contributed by atoms with E-state index in [4.69, 9.17) is 4.74 Å². The molecule has 2 aromatic rings. The van der Waals surface area contributed by atoms with Crippen LogP contribution in [0.2, 0.25) is 0 Å². The molecule has 0 aliphatic rings. The number of hydrogen-bond acceptors (Lipinski definition) is 3. The Hall–Kier alpha value is -1.45. The SMILES string of the molecule is CCCC(OC)C(O)c1cccc2ccncc12. The number of methoxy groups -OCH3 is 1. The monoisotopic (exact) mass is 245 g/mol. The van der Waals surface area contributed by atoms with Crippen LogP contribution in [-0.2, 0) is 4.74 Å². The van der Waals surface area contributed by atoms with Crippen LogP contribution in [0.5, 0.6) is 0 Å². The van der Waals surface area contributed by atoms with Crippen molar-refractivity contribution in [2.24, 2.45) is 0 Å². The number of aliphatic hydroxyl groups excluding tert-OH is 1. The molecule has 3 heteroatoms. The van der Waals surface area contributed by atoms with Gasteiger partial charge in [0.1, 0.15) is 6.10 Å². The molecule has 96 valence electrons. The Morgan fingerprint density at radius 1 is 1.33 bits per heavy atom. The summed E-state index contributed by atoms with van der Waals surface area (Å²) in [5.74, 6) is 0. The van der Waals surface area contributed by atoms with E-state index in [-0.39, 0.29) is 6.10 Å². The molecular formula is C15H19NO2. The molecule has 0 saturated heterocycles. The first-order valence-corrected chi connectivity index (χ1v) is 6.31. The van der Waals surface area contributed by atoms with Crippen molar-refractivity contribution < 1.29 is 9.84 Å². The second-order valence-corrected chi connectivity index (χ2v) is 4.45. The summed E-state index contributed by atoms with van der Waals surface area (Å²) in [7, 11) is 1.65. The first-order valence-electron chi connectivity index (χ1n) is 6.31. The zero-order valence-electron chi connectivity index (χ0n) is 10.8. The molecule has 0 radical (unpaired) electrons. The van der Waals surface area contributed by atoms with Gasteiger partial charge in [-0.05, 0) is 23.4 Å². The van der Waals surface area contributed by atoms with Crippen LogP contribution in [0.1, 0.15) is 31.4 Å². The molecule has 0 aliphatic carbocycles. The molecule has 18 heavy (non-hydrogen) atoms. The minimum Gasteiger partial charge on any atom is -0.386 e. The third-order valence-electron chi connectivity index (χ3n) is 3.26. The average molecular weight is 245 g/mol. The Morgan fingerprint density at radius 2 is 2.17 bits per heavy atom. The first-order chi connectivity index (χ1) is 8.77. The number of fused-ring (bicyclic) bond motifs is 1. The molecule has 2 rings (SSSR count). The summed E-state index contributed by atoms with van der Waals surface area (Å²) in [5, 5.41) is 12.5. The van der Waals surface area contributed by atoms with Crippen LogP contribution >= 0.6 is 0 Å². The molecule has 3 nitrogen and oxygen atoms in total. The quantitative estimate of drug-likeness (QED) is 0.880. The maximum absolute atomic E-state index is 10.5. The second-order valence-electron chi connectivity index (χ2n) is 4.45. The number of aromatic nitrogens is 1. The Labute approximate surface area is 107 Å². The van der Waals surface area contributed by atoms with Crippen molar-refractivity contribution in [1.29, 1.82) is 0 Å². The van der Waals surface area contributed by atoms with Crippen molar-refractivity contribution in [3.63, 3.8) is 0 Å². The average Bonchev–Trinajstić information content (AvgIpc) is 2.43. The molecule has 0 amide bonds. The molecule has 2 unspecified atom stereocenters. The van der Waals surface area contributed by atoms with Gasteiger partial charge in [-0.15, -0.1) is 0 Å². The van der Waals surface area contributed by atoms with Crippen LogP contribution in [0.3, 0.4) is 0 Å². The molecule has 1 aromatic heterocycles. The minimum atomic E-state index is -0.608. The van der Waals surface area contributed by atoms with E-state index in [0.717, 1.165) is 29.2 Å². The van der Waals surface area contributed by atoms with Crippen molar-refractivity contribution in [3.05, 3.63) is 42.2 Å². The molecule has 0 bridgehead atoms. The van der Waals surface area contributed by atoms with Crippen molar-refractivity contribution in [3.8, 4) is 0 Å². The fourth-order valence-electron chi connectivity index (χ4n) is 2.28. The summed E-state index contributed by atoms with van der Waals surface area (Å²) in [4.78, 5) is 4.14. The standard InChI is InChI=1S/C15H19NO2/c1-3-5-14(18-2)15(17)12-7-4-6-11-8-9-16-10-13(11)12/h4,6-10,14-15,17H,3,5H2,1-2H3. The highest BCUT2D eigenvalue weighted by atomic mass is 16.5. The van der Waals surface area contributed by atoms with Gasteiger partial charge in [-0.25, -0.2) is 0 Å². The van der Waals surface area contributed by atoms with E-state index < -0.39 is 6.10 Å². The number of rotatable bonds is 5. The van der Waals surface area contributed by atoms with E-state index >= 15 is 0 Å². The summed E-state index contributed by atoms with van der Waals surface area (Å²) in [6.07, 6.45) is 4.61. The third-order valence-corrected chi connectivity index (χ3v) is 3.26. The van der Waals surface area contributed by atoms with E-state index in [1.165, 1.54) is 0 Å². The number of aliphatic hydroxyl groups is 1. The smallest absolute Gasteiger partial charge is 0.106 e. The largest absolute Gasteiger partial charge is 0.386 e. The molecular weight excluding hydrogens is 226 g/mol. The number of benzene rings is 1. The molecule has 0 spiro atoms. The van der Waals surface area contributed by atoms with E-state index in [0.29, 0.717) is 0 Å². The van der Waals surface area contributed by atoms with Gasteiger partial charge in [-0.2, -0.15) is 0 Å². The van der Waals surface area contributed by atoms with Gasteiger partial charge >= 0.3 is 0 Å². The van der Waals surface area contributed by atoms with Gasteiger partial charge < -0.3 is 9.84 Å². The lowest BCUT2D eigenvalue weighted by Gasteiger charge is -2.22. The maximum Gasteiger partial charge on any atom is 0.106 e. The van der Waals surface area contributed by atoms with E-state index in [1.54, 1.807) is 19.5 Å². The van der Waals surface area contributed by atoms with Gasteiger partial charge in [0.15, 0.2) is 0 Å². The fourth-order valence-corrected chi connectivity index (χ4v) is 2.28. The number of hydrogen-bond donors (Lipinski definition) is 1. The van der Waals surface area contributed by atoms with Gasteiger partial charge in [0.05, 0.1) is 6.10 Å². The zero-order chi connectivity index (χ0) is 13.0. The van der Waals surface area contributed by atoms with Gasteiger partial charge in [0, 0.05) is 24.9 Å². The summed E-state index contributed by atoms with van der Waals surface area (Å²) in [5.41, 5.74) is 0.890. The normalized spacial score (nSPS) is 14.6. The second kappa shape index (κ2) is 5.94. The topological polar surface area (TPSA) is 42.4 Å². The number of ether oxygens (including phenoxy) is 1. The van der Waals surface area contributed by atoms with Crippen LogP contribution in [0.4, 0.5) is 0 Å². The highest BCUT2D eigenvalue weighted by Gasteiger charge is 2.21. The van der Waals surface area contributed by atoms with Gasteiger partial charge in [0.25, 0.3) is 0 Å². The summed E-state index contributed by atoms with van der Waals surface area (Å²) < 4.78 is 5.39. The van der Waals surface area contributed by atoms with Gasteiger partial charge in [0.2, 0.25) is 0 Å². The molecule has 0 saturated carbocycles. The third kappa shape index (κ3) is 2.52. The molecule has 2 atom stereocenters. The van der Waals surface area contributed by atoms with Crippen molar-refractivity contribution in [2.75, 3.05) is 7.11 Å². The Kier molecular flexibility index (Phi) is 4.28. The number of pyridine rings is 1. The summed E-state index contributed by atoms with van der Waals surface area (Å²) >= 11 is 0. The highest BCUT2D eigenvalue weighted by Crippen LogP contribution is 2.28. The van der Waals surface area contributed by atoms with Crippen LogP contribution in [0, 0.1) is 0 Å². The van der Waals surface area contributed by atoms with E-state index in [9.17, 15) is 5.11 Å². The molecule has 0 fully saturated rings. The van der Waals surface area contributed by atoms with Crippen LogP contribution in [-0.4, -0.2) is 23.3 Å². The van der Waals surface area contributed by atoms with Crippen molar-refractivity contribution in [1.82, 2.24) is 4.98 Å². The van der Waals surface area contributed by atoms with Crippen molar-refractivity contribution in [2.45, 2.75) is 32.0 Å². The molecule has 0 aliphatic heterocycles. The lowest BCUT2D eigenvalue weighted by molar-refractivity contribution is -0.0172. The van der Waals surface area contributed by atoms with Gasteiger partial charge in [-0.1, -0.05) is 31.5 Å². The Bertz CT molecular complexity index is 507. The lowest BCUT2D eigenvalue weighted by Crippen LogP contribution is -2.20. The predicted molar refractivity (Wildman–Crippen MR) is 72.4 cm³/mol. The highest BCUT2D eigenvalue weighted by molar-refractivity contribution is 5.85. The Balaban J connectivity index is 2.40. The maximum atomic E-state index is 10.5. The van der Waals surface area contributed by atoms with E-state index in [2.05, 4.69) is 11.9 Å². The van der Waals surface area contributed by atoms with Crippen molar-refractivity contribution >= 4 is 10.8 Å². The van der Waals surface area contributed by atoms with Crippen LogP contribution < -0.4 is 0 Å². The minimum absolute atomic E-state index is 0.166. The summed E-state index contributed by atoms with van der Waals surface area (Å²) in [6, 6.07) is 7.87. The van der Waals surface area contributed by atoms with E-state index in [1.807, 2.05) is 24.3 Å². The summed E-state index contributed by atoms with van der Waals surface area (Å²) in [6.45, 7) is 2.09. The predicted octanol–water partition coefficient (Wildman–Crippen LogP) is 3.08. The molecule has 1 heterocycles. The number of nitrogens with zero attached hydrogens (tertiary/aromatic N) is 1. The first kappa shape index (κ1) is 13.0. The van der Waals surface area contributed by atoms with Crippen LogP contribution in [0.15, 0.2) is 36.7 Å². The zero-order valence-corrected chi connectivity index (χ0v) is 10.8. The van der Waals surface area contributed by atoms with Crippen LogP contribution in [0.25, 0.3) is 10.8 Å². The van der Waals surface area contributed by atoms with Gasteiger partial charge in [-0.3, -0.25) is 4.98 Å². The molecule has 1 N–H and O–H groups in total. The lowest BCUT2D eigenvalue weighted by atomic mass is 9.96. The Morgan fingerprint density at radius 3 is 2.89 bits per heavy atom. The molecule has 1 aromatic carbocycles.